The van der Waals surface area contributed by atoms with Gasteiger partial charge in [0.05, 0.1) is 12.2 Å². The number of nitrogens with one attached hydrogen (secondary N) is 2. The molecule has 0 radical (unpaired) electrons. The zero-order valence-electron chi connectivity index (χ0n) is 19.4. The number of hydrogen-bond acceptors (Lipinski definition) is 3. The third-order valence-corrected chi connectivity index (χ3v) is 6.45. The Balaban J connectivity index is 1.27. The van der Waals surface area contributed by atoms with E-state index in [2.05, 4.69) is 15.7 Å². The van der Waals surface area contributed by atoms with Crippen LogP contribution < -0.4 is 10.6 Å². The molecular weight excluding hydrogens is 465 g/mol. The summed E-state index contributed by atoms with van der Waals surface area (Å²) in [6.45, 7) is 0.346. The van der Waals surface area contributed by atoms with E-state index in [0.29, 0.717) is 13.0 Å². The molecule has 0 fully saturated rings. The first-order valence-corrected chi connectivity index (χ1v) is 11.8. The third kappa shape index (κ3) is 4.98. The second-order valence-electron chi connectivity index (χ2n) is 8.82. The lowest BCUT2D eigenvalue weighted by atomic mass is 9.96. The van der Waals surface area contributed by atoms with Gasteiger partial charge < -0.3 is 10.6 Å². The molecule has 0 spiro atoms. The van der Waals surface area contributed by atoms with E-state index in [9.17, 15) is 18.0 Å². The first-order chi connectivity index (χ1) is 17.4. The van der Waals surface area contributed by atoms with Crippen LogP contribution >= 0.6 is 0 Å². The van der Waals surface area contributed by atoms with Gasteiger partial charge in [-0.25, -0.2) is 4.68 Å². The Bertz CT molecular complexity index is 1320. The molecule has 5 rings (SSSR count). The lowest BCUT2D eigenvalue weighted by Gasteiger charge is -2.34. The van der Waals surface area contributed by atoms with Crippen LogP contribution in [0.1, 0.15) is 40.0 Å². The molecular formula is C28H25F3N4O. The van der Waals surface area contributed by atoms with Crippen LogP contribution in [0.25, 0.3) is 11.1 Å². The fourth-order valence-electron chi connectivity index (χ4n) is 4.54. The molecule has 1 amide bonds. The second kappa shape index (κ2) is 9.89. The fourth-order valence-corrected chi connectivity index (χ4v) is 4.54. The molecule has 8 heteroatoms. The number of halogens is 3. The number of nitrogens with zero attached hydrogens (tertiary/aromatic N) is 2. The van der Waals surface area contributed by atoms with Gasteiger partial charge in [0.15, 0.2) is 6.04 Å². The predicted molar refractivity (Wildman–Crippen MR) is 133 cm³/mol. The molecule has 0 bridgehead atoms. The van der Waals surface area contributed by atoms with Crippen molar-refractivity contribution in [2.24, 2.45) is 0 Å². The van der Waals surface area contributed by atoms with Crippen LogP contribution in [0.15, 0.2) is 91.1 Å². The highest BCUT2D eigenvalue weighted by molar-refractivity contribution is 5.98. The van der Waals surface area contributed by atoms with Gasteiger partial charge in [-0.2, -0.15) is 18.3 Å². The van der Waals surface area contributed by atoms with E-state index in [0.717, 1.165) is 26.9 Å². The Labute approximate surface area is 207 Å². The lowest BCUT2D eigenvalue weighted by molar-refractivity contribution is -0.173. The monoisotopic (exact) mass is 490 g/mol. The molecule has 2 N–H and O–H groups in total. The minimum Gasteiger partial charge on any atom is -0.363 e. The highest BCUT2D eigenvalue weighted by atomic mass is 19.4. The van der Waals surface area contributed by atoms with Gasteiger partial charge in [0.2, 0.25) is 0 Å². The number of fused-ring (bicyclic) bond motifs is 1. The summed E-state index contributed by atoms with van der Waals surface area (Å²) in [7, 11) is 0. The van der Waals surface area contributed by atoms with Crippen molar-refractivity contribution in [3.63, 3.8) is 0 Å². The minimum atomic E-state index is -4.49. The van der Waals surface area contributed by atoms with E-state index in [1.165, 1.54) is 6.20 Å². The number of carbonyl (C=O) groups excluding carboxylic acids is 1. The van der Waals surface area contributed by atoms with Crippen molar-refractivity contribution in [1.82, 2.24) is 15.1 Å². The number of rotatable bonds is 6. The first-order valence-electron chi connectivity index (χ1n) is 11.8. The second-order valence-corrected chi connectivity index (χ2v) is 8.82. The van der Waals surface area contributed by atoms with Crippen LogP contribution in [0.2, 0.25) is 0 Å². The van der Waals surface area contributed by atoms with Crippen molar-refractivity contribution in [2.75, 3.05) is 11.9 Å². The summed E-state index contributed by atoms with van der Waals surface area (Å²) in [5.41, 5.74) is 4.11. The average Bonchev–Trinajstić information content (AvgIpc) is 3.33. The maximum atomic E-state index is 13.9. The summed E-state index contributed by atoms with van der Waals surface area (Å²) in [6.07, 6.45) is -2.90. The van der Waals surface area contributed by atoms with Crippen molar-refractivity contribution < 1.29 is 18.0 Å². The van der Waals surface area contributed by atoms with Crippen LogP contribution in [0.5, 0.6) is 0 Å². The molecule has 3 aromatic carbocycles. The Kier molecular flexibility index (Phi) is 6.50. The SMILES string of the molecule is O=C(NCCc1ccc(-c2ccccc2)cc1)c1cnn2c1NC(c1ccccc1)C[C@H]2C(F)(F)F. The van der Waals surface area contributed by atoms with E-state index >= 15 is 0 Å². The first kappa shape index (κ1) is 23.7. The number of anilines is 1. The maximum Gasteiger partial charge on any atom is 0.410 e. The molecule has 1 aliphatic rings. The van der Waals surface area contributed by atoms with Crippen LogP contribution in [0.4, 0.5) is 19.0 Å². The molecule has 2 heterocycles. The van der Waals surface area contributed by atoms with Crippen molar-refractivity contribution in [3.05, 3.63) is 108 Å². The molecule has 36 heavy (non-hydrogen) atoms. The van der Waals surface area contributed by atoms with Crippen LogP contribution in [-0.2, 0) is 6.42 Å². The van der Waals surface area contributed by atoms with Crippen molar-refractivity contribution in [3.8, 4) is 11.1 Å². The average molecular weight is 491 g/mol. The number of amides is 1. The van der Waals surface area contributed by atoms with Gasteiger partial charge in [0.1, 0.15) is 11.4 Å². The molecule has 1 aliphatic heterocycles. The van der Waals surface area contributed by atoms with Crippen LogP contribution in [0, 0.1) is 0 Å². The van der Waals surface area contributed by atoms with Crippen LogP contribution in [0.3, 0.4) is 0 Å². The maximum absolute atomic E-state index is 13.9. The Morgan fingerprint density at radius 1 is 0.944 bits per heavy atom. The number of benzene rings is 3. The topological polar surface area (TPSA) is 59.0 Å². The number of hydrogen-bond donors (Lipinski definition) is 2. The quantitative estimate of drug-likeness (QED) is 0.339. The van der Waals surface area contributed by atoms with E-state index in [1.807, 2.05) is 60.7 Å². The minimum absolute atomic E-state index is 0.0853. The largest absolute Gasteiger partial charge is 0.410 e. The highest BCUT2D eigenvalue weighted by Crippen LogP contribution is 2.44. The fraction of sp³-hybridized carbons (Fsp3) is 0.214. The van der Waals surface area contributed by atoms with Gasteiger partial charge in [-0.15, -0.1) is 0 Å². The van der Waals surface area contributed by atoms with Crippen molar-refractivity contribution in [2.45, 2.75) is 31.1 Å². The van der Waals surface area contributed by atoms with Gasteiger partial charge in [-0.05, 0) is 28.7 Å². The molecule has 4 aromatic rings. The summed E-state index contributed by atoms with van der Waals surface area (Å²) < 4.78 is 42.5. The van der Waals surface area contributed by atoms with Gasteiger partial charge in [-0.3, -0.25) is 4.79 Å². The van der Waals surface area contributed by atoms with Crippen molar-refractivity contribution in [1.29, 1.82) is 0 Å². The summed E-state index contributed by atoms with van der Waals surface area (Å²) in [6, 6.07) is 24.7. The lowest BCUT2D eigenvalue weighted by Crippen LogP contribution is -2.36. The zero-order valence-corrected chi connectivity index (χ0v) is 19.4. The molecule has 184 valence electrons. The summed E-state index contributed by atoms with van der Waals surface area (Å²) in [5, 5.41) is 9.87. The molecule has 2 atom stereocenters. The third-order valence-electron chi connectivity index (χ3n) is 6.45. The molecule has 0 saturated carbocycles. The van der Waals surface area contributed by atoms with Gasteiger partial charge in [0.25, 0.3) is 5.91 Å². The van der Waals surface area contributed by atoms with Crippen molar-refractivity contribution >= 4 is 11.7 Å². The van der Waals surface area contributed by atoms with E-state index in [4.69, 9.17) is 0 Å². The highest BCUT2D eigenvalue weighted by Gasteiger charge is 2.47. The number of aromatic nitrogens is 2. The van der Waals surface area contributed by atoms with E-state index < -0.39 is 24.2 Å². The van der Waals surface area contributed by atoms with E-state index in [-0.39, 0.29) is 17.8 Å². The van der Waals surface area contributed by atoms with Crippen LogP contribution in [-0.4, -0.2) is 28.4 Å². The molecule has 1 aromatic heterocycles. The normalized spacial score (nSPS) is 17.2. The zero-order chi connectivity index (χ0) is 25.1. The molecule has 5 nitrogen and oxygen atoms in total. The Morgan fingerprint density at radius 3 is 2.25 bits per heavy atom. The van der Waals surface area contributed by atoms with E-state index in [1.54, 1.807) is 24.3 Å². The van der Waals surface area contributed by atoms with Gasteiger partial charge in [0, 0.05) is 13.0 Å². The Morgan fingerprint density at radius 2 is 1.58 bits per heavy atom. The summed E-state index contributed by atoms with van der Waals surface area (Å²) in [4.78, 5) is 12.9. The molecule has 1 unspecified atom stereocenters. The summed E-state index contributed by atoms with van der Waals surface area (Å²) in [5.74, 6) is -0.374. The van der Waals surface area contributed by atoms with Gasteiger partial charge in [-0.1, -0.05) is 84.9 Å². The standard InChI is InChI=1S/C28H25F3N4O/c29-28(30,31)25-17-24(22-9-5-2-6-10-22)34-26-23(18-33-35(25)26)27(36)32-16-15-19-11-13-21(14-12-19)20-7-3-1-4-8-20/h1-14,18,24-25,34H,15-17H2,(H,32,36)/t24?,25-/m0/s1. The smallest absolute Gasteiger partial charge is 0.363 e. The summed E-state index contributed by atoms with van der Waals surface area (Å²) >= 11 is 0. The predicted octanol–water partition coefficient (Wildman–Crippen LogP) is 6.18. The molecule has 0 saturated heterocycles. The number of carbonyl (C=O) groups is 1. The Hall–Kier alpha value is -4.07. The number of alkyl halides is 3. The van der Waals surface area contributed by atoms with Gasteiger partial charge >= 0.3 is 6.18 Å². The molecule has 0 aliphatic carbocycles.